The molecular formula is C21H25ClN2O3S. The van der Waals surface area contributed by atoms with E-state index in [0.29, 0.717) is 32.0 Å². The highest BCUT2D eigenvalue weighted by Crippen LogP contribution is 2.26. The monoisotopic (exact) mass is 420 g/mol. The number of sulfonamides is 1. The van der Waals surface area contributed by atoms with Crippen LogP contribution in [0.5, 0.6) is 0 Å². The molecule has 1 aliphatic heterocycles. The topological polar surface area (TPSA) is 66.5 Å². The molecule has 0 atom stereocenters. The zero-order chi connectivity index (χ0) is 20.1. The third-order valence-corrected chi connectivity index (χ3v) is 7.33. The number of carbonyl (C=O) groups excluding carboxylic acids is 1. The molecule has 1 fully saturated rings. The van der Waals surface area contributed by atoms with Gasteiger partial charge in [-0.05, 0) is 48.9 Å². The molecule has 1 heterocycles. The summed E-state index contributed by atoms with van der Waals surface area (Å²) in [7, 11) is -3.63. The Hall–Kier alpha value is -1.89. The van der Waals surface area contributed by atoms with Crippen molar-refractivity contribution in [3.05, 3.63) is 64.7 Å². The van der Waals surface area contributed by atoms with Crippen LogP contribution in [0.1, 0.15) is 35.7 Å². The van der Waals surface area contributed by atoms with Crippen LogP contribution in [0.2, 0.25) is 5.02 Å². The van der Waals surface area contributed by atoms with Gasteiger partial charge in [-0.2, -0.15) is 4.31 Å². The van der Waals surface area contributed by atoms with E-state index in [2.05, 4.69) is 12.2 Å². The van der Waals surface area contributed by atoms with E-state index in [1.807, 2.05) is 30.3 Å². The zero-order valence-corrected chi connectivity index (χ0v) is 17.5. The average molecular weight is 421 g/mol. The highest BCUT2D eigenvalue weighted by atomic mass is 35.5. The van der Waals surface area contributed by atoms with E-state index in [9.17, 15) is 13.2 Å². The smallest absolute Gasteiger partial charge is 0.252 e. The number of rotatable bonds is 6. The minimum absolute atomic E-state index is 0.111. The van der Waals surface area contributed by atoms with Crippen LogP contribution in [0, 0.1) is 5.92 Å². The molecule has 2 aromatic rings. The Morgan fingerprint density at radius 3 is 2.50 bits per heavy atom. The molecule has 28 heavy (non-hydrogen) atoms. The van der Waals surface area contributed by atoms with E-state index in [-0.39, 0.29) is 21.4 Å². The second-order valence-corrected chi connectivity index (χ2v) is 9.56. The molecule has 0 bridgehead atoms. The number of piperidine rings is 1. The van der Waals surface area contributed by atoms with Crippen molar-refractivity contribution in [2.75, 3.05) is 19.6 Å². The van der Waals surface area contributed by atoms with E-state index in [4.69, 9.17) is 11.6 Å². The first-order valence-electron chi connectivity index (χ1n) is 9.50. The maximum absolute atomic E-state index is 12.9. The van der Waals surface area contributed by atoms with Gasteiger partial charge in [0, 0.05) is 19.6 Å². The first-order chi connectivity index (χ1) is 13.4. The van der Waals surface area contributed by atoms with E-state index in [0.717, 1.165) is 18.4 Å². The van der Waals surface area contributed by atoms with Gasteiger partial charge in [-0.15, -0.1) is 0 Å². The number of hydrogen-bond donors (Lipinski definition) is 1. The Kier molecular flexibility index (Phi) is 6.75. The third kappa shape index (κ3) is 4.93. The molecule has 1 saturated heterocycles. The molecular weight excluding hydrogens is 396 g/mol. The lowest BCUT2D eigenvalue weighted by Crippen LogP contribution is -2.38. The first kappa shape index (κ1) is 20.8. The minimum atomic E-state index is -3.63. The summed E-state index contributed by atoms with van der Waals surface area (Å²) in [5.41, 5.74) is 1.30. The van der Waals surface area contributed by atoms with Crippen molar-refractivity contribution in [3.8, 4) is 0 Å². The van der Waals surface area contributed by atoms with Gasteiger partial charge >= 0.3 is 0 Å². The Morgan fingerprint density at radius 1 is 1.14 bits per heavy atom. The molecule has 3 rings (SSSR count). The van der Waals surface area contributed by atoms with Crippen LogP contribution in [-0.4, -0.2) is 38.3 Å². The van der Waals surface area contributed by atoms with Crippen molar-refractivity contribution in [2.45, 2.75) is 31.1 Å². The number of benzene rings is 2. The summed E-state index contributed by atoms with van der Waals surface area (Å²) in [5, 5.41) is 3.06. The zero-order valence-electron chi connectivity index (χ0n) is 15.9. The predicted octanol–water partition coefficient (Wildman–Crippen LogP) is 3.73. The van der Waals surface area contributed by atoms with E-state index in [1.165, 1.54) is 22.5 Å². The Morgan fingerprint density at radius 2 is 1.82 bits per heavy atom. The van der Waals surface area contributed by atoms with Gasteiger partial charge in [0.15, 0.2) is 0 Å². The maximum atomic E-state index is 12.9. The fourth-order valence-electron chi connectivity index (χ4n) is 3.27. The fraction of sp³-hybridized carbons (Fsp3) is 0.381. The van der Waals surface area contributed by atoms with Crippen molar-refractivity contribution in [1.82, 2.24) is 9.62 Å². The number of carbonyl (C=O) groups is 1. The molecule has 5 nitrogen and oxygen atoms in total. The SMILES string of the molecule is CC1CCN(S(=O)(=O)c2ccc(Cl)c(C(=O)NCCc3ccccc3)c2)CC1. The van der Waals surface area contributed by atoms with Gasteiger partial charge in [0.05, 0.1) is 15.5 Å². The Balaban J connectivity index is 1.71. The Labute approximate surface area is 171 Å². The highest BCUT2D eigenvalue weighted by Gasteiger charge is 2.29. The van der Waals surface area contributed by atoms with Crippen molar-refractivity contribution in [1.29, 1.82) is 0 Å². The highest BCUT2D eigenvalue weighted by molar-refractivity contribution is 7.89. The van der Waals surface area contributed by atoms with Crippen molar-refractivity contribution in [3.63, 3.8) is 0 Å². The molecule has 0 aliphatic carbocycles. The lowest BCUT2D eigenvalue weighted by molar-refractivity contribution is 0.0954. The Bertz CT molecular complexity index is 924. The molecule has 0 spiro atoms. The lowest BCUT2D eigenvalue weighted by atomic mass is 10.0. The van der Waals surface area contributed by atoms with E-state index >= 15 is 0 Å². The second-order valence-electron chi connectivity index (χ2n) is 7.22. The summed E-state index contributed by atoms with van der Waals surface area (Å²) in [6.07, 6.45) is 2.38. The largest absolute Gasteiger partial charge is 0.352 e. The van der Waals surface area contributed by atoms with Gasteiger partial charge in [0.2, 0.25) is 10.0 Å². The van der Waals surface area contributed by atoms with Crippen LogP contribution in [-0.2, 0) is 16.4 Å². The summed E-state index contributed by atoms with van der Waals surface area (Å²) in [6, 6.07) is 14.2. The molecule has 1 amide bonds. The van der Waals surface area contributed by atoms with Gasteiger partial charge < -0.3 is 5.32 Å². The number of amides is 1. The molecule has 0 aromatic heterocycles. The number of hydrogen-bond acceptors (Lipinski definition) is 3. The lowest BCUT2D eigenvalue weighted by Gasteiger charge is -2.29. The van der Waals surface area contributed by atoms with Crippen LogP contribution in [0.4, 0.5) is 0 Å². The second kappa shape index (κ2) is 9.07. The van der Waals surface area contributed by atoms with Crippen molar-refractivity contribution >= 4 is 27.5 Å². The van der Waals surface area contributed by atoms with Gasteiger partial charge in [-0.1, -0.05) is 48.9 Å². The standard InChI is InChI=1S/C21H25ClN2O3S/c1-16-10-13-24(14-11-16)28(26,27)18-7-8-20(22)19(15-18)21(25)23-12-9-17-5-3-2-4-6-17/h2-8,15-16H,9-14H2,1H3,(H,23,25). The summed E-state index contributed by atoms with van der Waals surface area (Å²) in [4.78, 5) is 12.7. The molecule has 0 saturated carbocycles. The molecule has 0 unspecified atom stereocenters. The van der Waals surface area contributed by atoms with Crippen molar-refractivity contribution in [2.24, 2.45) is 5.92 Å². The quantitative estimate of drug-likeness (QED) is 0.774. The molecule has 1 aliphatic rings. The van der Waals surface area contributed by atoms with Gasteiger partial charge in [-0.25, -0.2) is 8.42 Å². The fourth-order valence-corrected chi connectivity index (χ4v) is 4.97. The predicted molar refractivity (Wildman–Crippen MR) is 111 cm³/mol. The molecule has 1 N–H and O–H groups in total. The summed E-state index contributed by atoms with van der Waals surface area (Å²) < 4.78 is 27.4. The third-order valence-electron chi connectivity index (χ3n) is 5.10. The van der Waals surface area contributed by atoms with Crippen LogP contribution in [0.25, 0.3) is 0 Å². The van der Waals surface area contributed by atoms with E-state index in [1.54, 1.807) is 0 Å². The minimum Gasteiger partial charge on any atom is -0.352 e. The van der Waals surface area contributed by atoms with E-state index < -0.39 is 10.0 Å². The van der Waals surface area contributed by atoms with Gasteiger partial charge in [0.1, 0.15) is 0 Å². The number of nitrogens with zero attached hydrogens (tertiary/aromatic N) is 1. The molecule has 0 radical (unpaired) electrons. The van der Waals surface area contributed by atoms with Crippen LogP contribution < -0.4 is 5.32 Å². The van der Waals surface area contributed by atoms with Gasteiger partial charge in [0.25, 0.3) is 5.91 Å². The number of halogens is 1. The summed E-state index contributed by atoms with van der Waals surface area (Å²) in [6.45, 7) is 3.58. The maximum Gasteiger partial charge on any atom is 0.252 e. The molecule has 150 valence electrons. The summed E-state index contributed by atoms with van der Waals surface area (Å²) in [5.74, 6) is 0.160. The number of nitrogens with one attached hydrogen (secondary N) is 1. The molecule has 2 aromatic carbocycles. The average Bonchev–Trinajstić information content (AvgIpc) is 2.69. The first-order valence-corrected chi connectivity index (χ1v) is 11.3. The van der Waals surface area contributed by atoms with Crippen LogP contribution >= 0.6 is 11.6 Å². The van der Waals surface area contributed by atoms with Crippen molar-refractivity contribution < 1.29 is 13.2 Å². The molecule has 7 heteroatoms. The normalized spacial score (nSPS) is 16.1. The van der Waals surface area contributed by atoms with Gasteiger partial charge in [-0.3, -0.25) is 4.79 Å². The van der Waals surface area contributed by atoms with Crippen LogP contribution in [0.3, 0.4) is 0 Å². The summed E-state index contributed by atoms with van der Waals surface area (Å²) >= 11 is 6.17. The van der Waals surface area contributed by atoms with Crippen LogP contribution in [0.15, 0.2) is 53.4 Å².